The molecule has 1 aromatic rings. The average Bonchev–Trinajstić information content (AvgIpc) is 3.03. The van der Waals surface area contributed by atoms with E-state index in [1.165, 1.54) is 11.3 Å². The molecule has 5 heteroatoms. The lowest BCUT2D eigenvalue weighted by Gasteiger charge is -2.13. The molecule has 1 saturated heterocycles. The van der Waals surface area contributed by atoms with Gasteiger partial charge in [0.25, 0.3) is 0 Å². The summed E-state index contributed by atoms with van der Waals surface area (Å²) in [6.45, 7) is 1.57. The number of benzene rings is 1. The number of hydrogen-bond acceptors (Lipinski definition) is 3. The van der Waals surface area contributed by atoms with Crippen molar-refractivity contribution in [1.29, 1.82) is 0 Å². The Bertz CT molecular complexity index is 556. The first-order valence-corrected chi connectivity index (χ1v) is 7.03. The fraction of sp³-hybridized carbons (Fsp3) is 0.467. The van der Waals surface area contributed by atoms with Gasteiger partial charge in [-0.3, -0.25) is 9.59 Å². The van der Waals surface area contributed by atoms with Gasteiger partial charge in [-0.25, -0.2) is 0 Å². The summed E-state index contributed by atoms with van der Waals surface area (Å²) >= 11 is 0. The van der Waals surface area contributed by atoms with Gasteiger partial charge in [-0.15, -0.1) is 0 Å². The second-order valence-electron chi connectivity index (χ2n) is 5.51. The number of amides is 2. The van der Waals surface area contributed by atoms with Crippen LogP contribution in [0.4, 0.5) is 5.69 Å². The van der Waals surface area contributed by atoms with E-state index in [0.717, 1.165) is 18.5 Å². The maximum absolute atomic E-state index is 11.9. The van der Waals surface area contributed by atoms with Gasteiger partial charge < -0.3 is 15.5 Å². The van der Waals surface area contributed by atoms with E-state index in [1.807, 2.05) is 6.07 Å². The standard InChI is InChI=1S/C15H19N3O2/c1-18-7-6-11-8-10(2-4-13(11)18)9-16-15(20)12-3-5-14(19)17-12/h2,4,8,12H,3,5-7,9H2,1H3,(H,16,20)(H,17,19). The fourth-order valence-corrected chi connectivity index (χ4v) is 2.85. The summed E-state index contributed by atoms with van der Waals surface area (Å²) in [4.78, 5) is 25.3. The second-order valence-corrected chi connectivity index (χ2v) is 5.51. The molecule has 20 heavy (non-hydrogen) atoms. The third-order valence-electron chi connectivity index (χ3n) is 4.05. The fourth-order valence-electron chi connectivity index (χ4n) is 2.85. The lowest BCUT2D eigenvalue weighted by molar-refractivity contribution is -0.125. The minimum absolute atomic E-state index is 0.0364. The van der Waals surface area contributed by atoms with Crippen molar-refractivity contribution < 1.29 is 9.59 Å². The van der Waals surface area contributed by atoms with Gasteiger partial charge >= 0.3 is 0 Å². The molecule has 2 aliphatic rings. The molecule has 0 saturated carbocycles. The number of rotatable bonds is 3. The number of carbonyl (C=O) groups is 2. The van der Waals surface area contributed by atoms with Crippen molar-refractivity contribution in [3.05, 3.63) is 29.3 Å². The minimum atomic E-state index is -0.358. The molecule has 1 atom stereocenters. The van der Waals surface area contributed by atoms with Gasteiger partial charge in [0.2, 0.25) is 11.8 Å². The van der Waals surface area contributed by atoms with Crippen LogP contribution in [0.3, 0.4) is 0 Å². The maximum Gasteiger partial charge on any atom is 0.242 e. The molecule has 106 valence electrons. The third kappa shape index (κ3) is 2.48. The van der Waals surface area contributed by atoms with Crippen molar-refractivity contribution in [3.63, 3.8) is 0 Å². The first-order chi connectivity index (χ1) is 9.63. The van der Waals surface area contributed by atoms with Crippen LogP contribution in [0.25, 0.3) is 0 Å². The number of fused-ring (bicyclic) bond motifs is 1. The van der Waals surface area contributed by atoms with E-state index in [0.29, 0.717) is 19.4 Å². The molecule has 0 spiro atoms. The monoisotopic (exact) mass is 273 g/mol. The van der Waals surface area contributed by atoms with Crippen molar-refractivity contribution >= 4 is 17.5 Å². The molecular weight excluding hydrogens is 254 g/mol. The normalized spacial score (nSPS) is 20.8. The van der Waals surface area contributed by atoms with E-state index < -0.39 is 0 Å². The highest BCUT2D eigenvalue weighted by molar-refractivity contribution is 5.90. The zero-order chi connectivity index (χ0) is 14.1. The molecule has 2 amide bonds. The minimum Gasteiger partial charge on any atom is -0.374 e. The SMILES string of the molecule is CN1CCc2cc(CNC(=O)C3CCC(=O)N3)ccc21. The molecule has 0 aliphatic carbocycles. The molecule has 0 bridgehead atoms. The van der Waals surface area contributed by atoms with Crippen LogP contribution in [0, 0.1) is 0 Å². The first kappa shape index (κ1) is 13.0. The first-order valence-electron chi connectivity index (χ1n) is 7.03. The van der Waals surface area contributed by atoms with Crippen LogP contribution in [-0.4, -0.2) is 31.4 Å². The molecule has 1 unspecified atom stereocenters. The molecule has 0 radical (unpaired) electrons. The van der Waals surface area contributed by atoms with E-state index in [4.69, 9.17) is 0 Å². The van der Waals surface area contributed by atoms with Gasteiger partial charge in [0, 0.05) is 32.2 Å². The number of carbonyl (C=O) groups excluding carboxylic acids is 2. The lowest BCUT2D eigenvalue weighted by Crippen LogP contribution is -2.41. The number of likely N-dealkylation sites (N-methyl/N-ethyl adjacent to an activating group) is 1. The van der Waals surface area contributed by atoms with Gasteiger partial charge in [0.05, 0.1) is 0 Å². The molecule has 1 aromatic carbocycles. The molecule has 0 aromatic heterocycles. The van der Waals surface area contributed by atoms with Gasteiger partial charge in [-0.1, -0.05) is 12.1 Å². The Morgan fingerprint density at radius 2 is 2.30 bits per heavy atom. The van der Waals surface area contributed by atoms with E-state index in [9.17, 15) is 9.59 Å². The van der Waals surface area contributed by atoms with Crippen molar-refractivity contribution in [3.8, 4) is 0 Å². The number of nitrogens with zero attached hydrogens (tertiary/aromatic N) is 1. The van der Waals surface area contributed by atoms with Gasteiger partial charge in [0.15, 0.2) is 0 Å². The predicted octanol–water partition coefficient (Wildman–Crippen LogP) is 0.574. The van der Waals surface area contributed by atoms with Gasteiger partial charge in [-0.2, -0.15) is 0 Å². The Labute approximate surface area is 118 Å². The summed E-state index contributed by atoms with van der Waals surface area (Å²) in [5, 5.41) is 5.58. The van der Waals surface area contributed by atoms with Crippen molar-refractivity contribution in [2.24, 2.45) is 0 Å². The Balaban J connectivity index is 1.59. The second kappa shape index (κ2) is 5.15. The third-order valence-corrected chi connectivity index (χ3v) is 4.05. The summed E-state index contributed by atoms with van der Waals surface area (Å²) < 4.78 is 0. The molecular formula is C15H19N3O2. The summed E-state index contributed by atoms with van der Waals surface area (Å²) in [5.74, 6) is -0.126. The van der Waals surface area contributed by atoms with Crippen LogP contribution >= 0.6 is 0 Å². The van der Waals surface area contributed by atoms with Crippen LogP contribution in [0.5, 0.6) is 0 Å². The molecule has 3 rings (SSSR count). The predicted molar refractivity (Wildman–Crippen MR) is 76.4 cm³/mol. The smallest absolute Gasteiger partial charge is 0.242 e. The average molecular weight is 273 g/mol. The van der Waals surface area contributed by atoms with Gasteiger partial charge in [0.1, 0.15) is 6.04 Å². The van der Waals surface area contributed by atoms with Crippen molar-refractivity contribution in [2.75, 3.05) is 18.5 Å². The molecule has 5 nitrogen and oxygen atoms in total. The maximum atomic E-state index is 11.9. The summed E-state index contributed by atoms with van der Waals surface area (Å²) in [6, 6.07) is 5.96. The van der Waals surface area contributed by atoms with E-state index in [-0.39, 0.29) is 17.9 Å². The highest BCUT2D eigenvalue weighted by Gasteiger charge is 2.26. The largest absolute Gasteiger partial charge is 0.374 e. The number of hydrogen-bond donors (Lipinski definition) is 2. The zero-order valence-corrected chi connectivity index (χ0v) is 11.6. The summed E-state index contributed by atoms with van der Waals surface area (Å²) in [7, 11) is 2.09. The van der Waals surface area contributed by atoms with E-state index in [2.05, 4.69) is 34.7 Å². The summed E-state index contributed by atoms with van der Waals surface area (Å²) in [5.41, 5.74) is 3.73. The molecule has 2 aliphatic heterocycles. The quantitative estimate of drug-likeness (QED) is 0.846. The van der Waals surface area contributed by atoms with Crippen LogP contribution in [0.15, 0.2) is 18.2 Å². The van der Waals surface area contributed by atoms with Crippen LogP contribution in [0.1, 0.15) is 24.0 Å². The Morgan fingerprint density at radius 3 is 3.05 bits per heavy atom. The Kier molecular flexibility index (Phi) is 3.34. The molecule has 1 fully saturated rings. The van der Waals surface area contributed by atoms with E-state index >= 15 is 0 Å². The zero-order valence-electron chi connectivity index (χ0n) is 11.6. The summed E-state index contributed by atoms with van der Waals surface area (Å²) in [6.07, 6.45) is 2.11. The Hall–Kier alpha value is -2.04. The van der Waals surface area contributed by atoms with Crippen LogP contribution in [-0.2, 0) is 22.6 Å². The lowest BCUT2D eigenvalue weighted by atomic mass is 10.1. The van der Waals surface area contributed by atoms with Crippen LogP contribution in [0.2, 0.25) is 0 Å². The van der Waals surface area contributed by atoms with Crippen molar-refractivity contribution in [1.82, 2.24) is 10.6 Å². The molecule has 2 N–H and O–H groups in total. The number of anilines is 1. The van der Waals surface area contributed by atoms with Crippen LogP contribution < -0.4 is 15.5 Å². The topological polar surface area (TPSA) is 61.4 Å². The van der Waals surface area contributed by atoms with E-state index in [1.54, 1.807) is 0 Å². The number of nitrogens with one attached hydrogen (secondary N) is 2. The Morgan fingerprint density at radius 1 is 1.45 bits per heavy atom. The molecule has 2 heterocycles. The highest BCUT2D eigenvalue weighted by Crippen LogP contribution is 2.27. The van der Waals surface area contributed by atoms with Gasteiger partial charge in [-0.05, 0) is 30.0 Å². The highest BCUT2D eigenvalue weighted by atomic mass is 16.2. The van der Waals surface area contributed by atoms with Crippen molar-refractivity contribution in [2.45, 2.75) is 31.8 Å².